The number of aryl methyl sites for hydroxylation is 2. The van der Waals surface area contributed by atoms with Gasteiger partial charge < -0.3 is 14.3 Å². The van der Waals surface area contributed by atoms with Gasteiger partial charge in [0.2, 0.25) is 5.91 Å². The molecular formula is C23H23N3O2. The molecule has 2 aromatic heterocycles. The summed E-state index contributed by atoms with van der Waals surface area (Å²) in [5, 5.41) is 2.92. The Morgan fingerprint density at radius 2 is 1.86 bits per heavy atom. The number of furan rings is 1. The largest absolute Gasteiger partial charge is 0.467 e. The van der Waals surface area contributed by atoms with E-state index in [9.17, 15) is 4.79 Å². The lowest BCUT2D eigenvalue weighted by atomic mass is 10.1. The quantitative estimate of drug-likeness (QED) is 0.552. The maximum atomic E-state index is 12.6. The van der Waals surface area contributed by atoms with Crippen molar-refractivity contribution >= 4 is 16.9 Å². The summed E-state index contributed by atoms with van der Waals surface area (Å²) in [7, 11) is 0. The second kappa shape index (κ2) is 7.72. The van der Waals surface area contributed by atoms with E-state index in [1.54, 1.807) is 6.26 Å². The van der Waals surface area contributed by atoms with Gasteiger partial charge >= 0.3 is 0 Å². The average molecular weight is 373 g/mol. The van der Waals surface area contributed by atoms with Gasteiger partial charge in [-0.2, -0.15) is 0 Å². The molecule has 0 fully saturated rings. The Hall–Kier alpha value is -3.34. The van der Waals surface area contributed by atoms with Gasteiger partial charge in [-0.3, -0.25) is 4.79 Å². The van der Waals surface area contributed by atoms with E-state index in [4.69, 9.17) is 9.40 Å². The molecule has 0 saturated heterocycles. The van der Waals surface area contributed by atoms with E-state index in [0.717, 1.165) is 22.6 Å². The van der Waals surface area contributed by atoms with Gasteiger partial charge in [-0.05, 0) is 54.8 Å². The minimum atomic E-state index is -0.0664. The SMILES string of the molecule is Cc1cc2nc(Cc3ccccc3)n(CC(=O)NCc3ccco3)c2cc1C. The lowest BCUT2D eigenvalue weighted by Gasteiger charge is -2.10. The van der Waals surface area contributed by atoms with Crippen LogP contribution in [0.3, 0.4) is 0 Å². The highest BCUT2D eigenvalue weighted by Gasteiger charge is 2.15. The minimum absolute atomic E-state index is 0.0664. The zero-order valence-electron chi connectivity index (χ0n) is 16.1. The van der Waals surface area contributed by atoms with Crippen LogP contribution in [0.4, 0.5) is 0 Å². The summed E-state index contributed by atoms with van der Waals surface area (Å²) < 4.78 is 7.31. The number of amides is 1. The third-order valence-corrected chi connectivity index (χ3v) is 4.99. The molecule has 1 N–H and O–H groups in total. The standard InChI is InChI=1S/C23H23N3O2/c1-16-11-20-21(12-17(16)2)26(15-23(27)24-14-19-9-6-10-28-19)22(25-20)13-18-7-4-3-5-8-18/h3-12H,13-15H2,1-2H3,(H,24,27). The number of hydrogen-bond donors (Lipinski definition) is 1. The first kappa shape index (κ1) is 18.0. The molecule has 0 bridgehead atoms. The first-order valence-corrected chi connectivity index (χ1v) is 9.39. The molecule has 2 aromatic carbocycles. The molecule has 0 spiro atoms. The van der Waals surface area contributed by atoms with E-state index in [1.807, 2.05) is 34.9 Å². The molecule has 28 heavy (non-hydrogen) atoms. The number of benzene rings is 2. The van der Waals surface area contributed by atoms with Gasteiger partial charge in [-0.1, -0.05) is 30.3 Å². The maximum absolute atomic E-state index is 12.6. The number of carbonyl (C=O) groups is 1. The zero-order valence-corrected chi connectivity index (χ0v) is 16.1. The van der Waals surface area contributed by atoms with E-state index in [2.05, 4.69) is 43.4 Å². The molecule has 142 valence electrons. The molecule has 0 aliphatic carbocycles. The van der Waals surface area contributed by atoms with Crippen LogP contribution in [0.1, 0.15) is 28.3 Å². The summed E-state index contributed by atoms with van der Waals surface area (Å²) >= 11 is 0. The Kier molecular flexibility index (Phi) is 4.98. The van der Waals surface area contributed by atoms with E-state index in [1.165, 1.54) is 16.7 Å². The molecular weight excluding hydrogens is 350 g/mol. The molecule has 0 saturated carbocycles. The summed E-state index contributed by atoms with van der Waals surface area (Å²) in [6.07, 6.45) is 2.28. The minimum Gasteiger partial charge on any atom is -0.467 e. The number of hydrogen-bond acceptors (Lipinski definition) is 3. The maximum Gasteiger partial charge on any atom is 0.240 e. The normalized spacial score (nSPS) is 11.1. The highest BCUT2D eigenvalue weighted by atomic mass is 16.3. The Bertz CT molecular complexity index is 1100. The number of carbonyl (C=O) groups excluding carboxylic acids is 1. The molecule has 4 rings (SSSR count). The molecule has 1 amide bonds. The van der Waals surface area contributed by atoms with Gasteiger partial charge in [0.05, 0.1) is 23.8 Å². The van der Waals surface area contributed by atoms with Crippen LogP contribution in [0.25, 0.3) is 11.0 Å². The van der Waals surface area contributed by atoms with Crippen molar-refractivity contribution < 1.29 is 9.21 Å². The molecule has 0 unspecified atom stereocenters. The third-order valence-electron chi connectivity index (χ3n) is 4.99. The Morgan fingerprint density at radius 1 is 1.07 bits per heavy atom. The number of nitrogens with one attached hydrogen (secondary N) is 1. The zero-order chi connectivity index (χ0) is 19.5. The first-order chi connectivity index (χ1) is 13.6. The van der Waals surface area contributed by atoms with Crippen molar-refractivity contribution in [3.8, 4) is 0 Å². The van der Waals surface area contributed by atoms with Crippen LogP contribution in [0, 0.1) is 13.8 Å². The Labute approximate surface area is 164 Å². The molecule has 0 aliphatic rings. The van der Waals surface area contributed by atoms with Gasteiger partial charge in [-0.25, -0.2) is 4.98 Å². The Balaban J connectivity index is 1.64. The lowest BCUT2D eigenvalue weighted by molar-refractivity contribution is -0.121. The molecule has 5 heteroatoms. The van der Waals surface area contributed by atoms with Crippen molar-refractivity contribution in [3.63, 3.8) is 0 Å². The van der Waals surface area contributed by atoms with Crippen molar-refractivity contribution in [2.45, 2.75) is 33.4 Å². The van der Waals surface area contributed by atoms with Gasteiger partial charge in [0.1, 0.15) is 18.1 Å². The average Bonchev–Trinajstić information content (AvgIpc) is 3.31. The molecule has 4 aromatic rings. The highest BCUT2D eigenvalue weighted by molar-refractivity contribution is 5.82. The van der Waals surface area contributed by atoms with E-state index in [0.29, 0.717) is 13.0 Å². The monoisotopic (exact) mass is 373 g/mol. The van der Waals surface area contributed by atoms with Crippen molar-refractivity contribution in [1.29, 1.82) is 0 Å². The van der Waals surface area contributed by atoms with Crippen molar-refractivity contribution in [2.75, 3.05) is 0 Å². The van der Waals surface area contributed by atoms with Crippen molar-refractivity contribution in [1.82, 2.24) is 14.9 Å². The second-order valence-corrected chi connectivity index (χ2v) is 7.06. The predicted molar refractivity (Wildman–Crippen MR) is 109 cm³/mol. The van der Waals surface area contributed by atoms with Crippen LogP contribution in [-0.4, -0.2) is 15.5 Å². The number of rotatable bonds is 6. The first-order valence-electron chi connectivity index (χ1n) is 9.39. The van der Waals surface area contributed by atoms with Crippen molar-refractivity contribution in [3.05, 3.63) is 89.1 Å². The summed E-state index contributed by atoms with van der Waals surface area (Å²) in [4.78, 5) is 17.4. The fourth-order valence-electron chi connectivity index (χ4n) is 3.32. The fraction of sp³-hybridized carbons (Fsp3) is 0.217. The molecule has 0 aliphatic heterocycles. The van der Waals surface area contributed by atoms with E-state index >= 15 is 0 Å². The number of fused-ring (bicyclic) bond motifs is 1. The second-order valence-electron chi connectivity index (χ2n) is 7.06. The van der Waals surface area contributed by atoms with Crippen LogP contribution in [-0.2, 0) is 24.3 Å². The highest BCUT2D eigenvalue weighted by Crippen LogP contribution is 2.22. The van der Waals surface area contributed by atoms with Gasteiger partial charge in [0, 0.05) is 6.42 Å². The molecule has 0 atom stereocenters. The van der Waals surface area contributed by atoms with Crippen LogP contribution in [0.15, 0.2) is 65.3 Å². The van der Waals surface area contributed by atoms with Crippen LogP contribution in [0.2, 0.25) is 0 Å². The third kappa shape index (κ3) is 3.83. The Morgan fingerprint density at radius 3 is 2.61 bits per heavy atom. The molecule has 2 heterocycles. The number of nitrogens with zero attached hydrogens (tertiary/aromatic N) is 2. The molecule has 0 radical (unpaired) electrons. The predicted octanol–water partition coefficient (Wildman–Crippen LogP) is 4.15. The lowest BCUT2D eigenvalue weighted by Crippen LogP contribution is -2.27. The topological polar surface area (TPSA) is 60.1 Å². The van der Waals surface area contributed by atoms with Crippen LogP contribution >= 0.6 is 0 Å². The summed E-state index contributed by atoms with van der Waals surface area (Å²) in [5.41, 5.74) is 5.47. The van der Waals surface area contributed by atoms with Crippen LogP contribution in [0.5, 0.6) is 0 Å². The smallest absolute Gasteiger partial charge is 0.240 e. The number of imidazole rings is 1. The van der Waals surface area contributed by atoms with Gasteiger partial charge in [0.15, 0.2) is 0 Å². The van der Waals surface area contributed by atoms with Gasteiger partial charge in [0.25, 0.3) is 0 Å². The van der Waals surface area contributed by atoms with E-state index in [-0.39, 0.29) is 12.5 Å². The number of aromatic nitrogens is 2. The summed E-state index contributed by atoms with van der Waals surface area (Å²) in [6, 6.07) is 18.1. The fourth-order valence-corrected chi connectivity index (χ4v) is 3.32. The van der Waals surface area contributed by atoms with Crippen LogP contribution < -0.4 is 5.32 Å². The summed E-state index contributed by atoms with van der Waals surface area (Å²) in [5.74, 6) is 1.56. The van der Waals surface area contributed by atoms with E-state index < -0.39 is 0 Å². The summed E-state index contributed by atoms with van der Waals surface area (Å²) in [6.45, 7) is 4.77. The van der Waals surface area contributed by atoms with Gasteiger partial charge in [-0.15, -0.1) is 0 Å². The molecule has 5 nitrogen and oxygen atoms in total. The van der Waals surface area contributed by atoms with Crippen molar-refractivity contribution in [2.24, 2.45) is 0 Å².